The van der Waals surface area contributed by atoms with Crippen LogP contribution in [0.4, 0.5) is 0 Å². The molecule has 0 bridgehead atoms. The molecule has 1 unspecified atom stereocenters. The lowest BCUT2D eigenvalue weighted by Crippen LogP contribution is -2.55. The van der Waals surface area contributed by atoms with Crippen LogP contribution in [0.15, 0.2) is 12.1 Å². The molecule has 1 rings (SSSR count). The van der Waals surface area contributed by atoms with E-state index in [0.717, 1.165) is 10.8 Å². The highest BCUT2D eigenvalue weighted by Gasteiger charge is 2.30. The van der Waals surface area contributed by atoms with Crippen molar-refractivity contribution in [2.24, 2.45) is 0 Å². The van der Waals surface area contributed by atoms with Gasteiger partial charge in [-0.3, -0.25) is 0 Å². The van der Waals surface area contributed by atoms with E-state index >= 15 is 0 Å². The van der Waals surface area contributed by atoms with Gasteiger partial charge in [0.15, 0.2) is 0 Å². The Kier molecular flexibility index (Phi) is 4.80. The second kappa shape index (κ2) is 5.50. The van der Waals surface area contributed by atoms with Crippen molar-refractivity contribution in [3.8, 4) is 0 Å². The SMILES string of the molecule is CNC(Cc1ccc(Cl)s1)C(C)(C)N(C)C. The molecule has 0 radical (unpaired) electrons. The van der Waals surface area contributed by atoms with Crippen LogP contribution < -0.4 is 5.32 Å². The fourth-order valence-corrected chi connectivity index (χ4v) is 2.81. The summed E-state index contributed by atoms with van der Waals surface area (Å²) in [5.74, 6) is 0. The standard InChI is InChI=1S/C12H21ClN2S/c1-12(2,15(4)5)10(14-3)8-9-6-7-11(13)16-9/h6-7,10,14H,8H2,1-5H3. The van der Waals surface area contributed by atoms with Gasteiger partial charge in [0.05, 0.1) is 4.34 Å². The Labute approximate surface area is 108 Å². The van der Waals surface area contributed by atoms with Crippen LogP contribution in [0.5, 0.6) is 0 Å². The summed E-state index contributed by atoms with van der Waals surface area (Å²) in [6.07, 6.45) is 1.01. The van der Waals surface area contributed by atoms with E-state index in [1.54, 1.807) is 11.3 Å². The Morgan fingerprint density at radius 2 is 2.06 bits per heavy atom. The first-order valence-electron chi connectivity index (χ1n) is 5.47. The van der Waals surface area contributed by atoms with Crippen molar-refractivity contribution in [1.29, 1.82) is 0 Å². The summed E-state index contributed by atoms with van der Waals surface area (Å²) in [4.78, 5) is 3.59. The van der Waals surface area contributed by atoms with Crippen LogP contribution in [0.25, 0.3) is 0 Å². The van der Waals surface area contributed by atoms with Gasteiger partial charge in [-0.15, -0.1) is 11.3 Å². The van der Waals surface area contributed by atoms with E-state index in [0.29, 0.717) is 6.04 Å². The zero-order chi connectivity index (χ0) is 12.3. The molecule has 1 heterocycles. The fraction of sp³-hybridized carbons (Fsp3) is 0.667. The molecule has 0 aliphatic heterocycles. The molecule has 1 atom stereocenters. The number of thiophene rings is 1. The summed E-state index contributed by atoms with van der Waals surface area (Å²) >= 11 is 7.62. The molecule has 0 spiro atoms. The van der Waals surface area contributed by atoms with E-state index in [-0.39, 0.29) is 5.54 Å². The van der Waals surface area contributed by atoms with Gasteiger partial charge in [-0.1, -0.05) is 11.6 Å². The van der Waals surface area contributed by atoms with Crippen molar-refractivity contribution in [3.63, 3.8) is 0 Å². The largest absolute Gasteiger partial charge is 0.315 e. The van der Waals surface area contributed by atoms with Crippen molar-refractivity contribution in [2.75, 3.05) is 21.1 Å². The molecular weight excluding hydrogens is 240 g/mol. The molecule has 0 aromatic carbocycles. The molecule has 0 fully saturated rings. The van der Waals surface area contributed by atoms with Gasteiger partial charge >= 0.3 is 0 Å². The van der Waals surface area contributed by atoms with E-state index in [2.05, 4.69) is 44.2 Å². The third kappa shape index (κ3) is 3.20. The van der Waals surface area contributed by atoms with E-state index < -0.39 is 0 Å². The lowest BCUT2D eigenvalue weighted by molar-refractivity contribution is 0.142. The molecule has 0 aliphatic carbocycles. The van der Waals surface area contributed by atoms with E-state index in [1.165, 1.54) is 4.88 Å². The number of rotatable bonds is 5. The van der Waals surface area contributed by atoms with Crippen LogP contribution >= 0.6 is 22.9 Å². The van der Waals surface area contributed by atoms with Crippen LogP contribution in [-0.2, 0) is 6.42 Å². The summed E-state index contributed by atoms with van der Waals surface area (Å²) in [5, 5.41) is 3.40. The maximum atomic E-state index is 5.95. The molecule has 92 valence electrons. The summed E-state index contributed by atoms with van der Waals surface area (Å²) < 4.78 is 0.868. The molecule has 4 heteroatoms. The fourth-order valence-electron chi connectivity index (χ4n) is 1.68. The Morgan fingerprint density at radius 3 is 2.44 bits per heavy atom. The van der Waals surface area contributed by atoms with Gasteiger partial charge in [0.1, 0.15) is 0 Å². The Bertz CT molecular complexity index is 334. The van der Waals surface area contributed by atoms with Crippen molar-refractivity contribution >= 4 is 22.9 Å². The maximum absolute atomic E-state index is 5.95. The third-order valence-electron chi connectivity index (χ3n) is 3.39. The Hall–Kier alpha value is -0.0900. The first-order valence-corrected chi connectivity index (χ1v) is 6.66. The molecule has 0 saturated carbocycles. The molecule has 1 aromatic rings. The average Bonchev–Trinajstić information content (AvgIpc) is 2.60. The molecule has 2 nitrogen and oxygen atoms in total. The van der Waals surface area contributed by atoms with E-state index in [4.69, 9.17) is 11.6 Å². The minimum absolute atomic E-state index is 0.116. The highest BCUT2D eigenvalue weighted by molar-refractivity contribution is 7.16. The van der Waals surface area contributed by atoms with Crippen LogP contribution in [0.2, 0.25) is 4.34 Å². The summed E-state index contributed by atoms with van der Waals surface area (Å²) in [6, 6.07) is 4.50. The second-order valence-electron chi connectivity index (χ2n) is 4.80. The lowest BCUT2D eigenvalue weighted by atomic mass is 9.90. The van der Waals surface area contributed by atoms with Gasteiger partial charge in [0, 0.05) is 16.5 Å². The number of nitrogens with zero attached hydrogens (tertiary/aromatic N) is 1. The summed E-state index contributed by atoms with van der Waals surface area (Å²) in [7, 11) is 6.25. The average molecular weight is 261 g/mol. The monoisotopic (exact) mass is 260 g/mol. The van der Waals surface area contributed by atoms with Gasteiger partial charge in [-0.25, -0.2) is 0 Å². The highest BCUT2D eigenvalue weighted by Crippen LogP contribution is 2.26. The van der Waals surface area contributed by atoms with Gasteiger partial charge in [-0.2, -0.15) is 0 Å². The first kappa shape index (κ1) is 14.0. The van der Waals surface area contributed by atoms with Crippen molar-refractivity contribution in [3.05, 3.63) is 21.3 Å². The highest BCUT2D eigenvalue weighted by atomic mass is 35.5. The van der Waals surface area contributed by atoms with Crippen LogP contribution in [0, 0.1) is 0 Å². The predicted octanol–water partition coefficient (Wildman–Crippen LogP) is 2.87. The molecule has 0 amide bonds. The zero-order valence-electron chi connectivity index (χ0n) is 10.7. The number of hydrogen-bond donors (Lipinski definition) is 1. The van der Waals surface area contributed by atoms with Crippen molar-refractivity contribution < 1.29 is 0 Å². The first-order chi connectivity index (χ1) is 7.37. The number of likely N-dealkylation sites (N-methyl/N-ethyl adjacent to an activating group) is 2. The van der Waals surface area contributed by atoms with E-state index in [1.807, 2.05) is 13.1 Å². The molecule has 1 aromatic heterocycles. The predicted molar refractivity (Wildman–Crippen MR) is 73.6 cm³/mol. The molecule has 1 N–H and O–H groups in total. The van der Waals surface area contributed by atoms with E-state index in [9.17, 15) is 0 Å². The molecular formula is C12H21ClN2S. The minimum atomic E-state index is 0.116. The molecule has 16 heavy (non-hydrogen) atoms. The van der Waals surface area contributed by atoms with Crippen LogP contribution in [-0.4, -0.2) is 37.6 Å². The minimum Gasteiger partial charge on any atom is -0.315 e. The number of nitrogens with one attached hydrogen (secondary N) is 1. The van der Waals surface area contributed by atoms with Gasteiger partial charge in [0.2, 0.25) is 0 Å². The zero-order valence-corrected chi connectivity index (χ0v) is 12.2. The van der Waals surface area contributed by atoms with Gasteiger partial charge in [-0.05, 0) is 53.5 Å². The summed E-state index contributed by atoms with van der Waals surface area (Å²) in [5.41, 5.74) is 0.116. The quantitative estimate of drug-likeness (QED) is 0.876. The Morgan fingerprint density at radius 1 is 1.44 bits per heavy atom. The van der Waals surface area contributed by atoms with Crippen LogP contribution in [0.3, 0.4) is 0 Å². The molecule has 0 saturated heterocycles. The van der Waals surface area contributed by atoms with Gasteiger partial charge in [0.25, 0.3) is 0 Å². The summed E-state index contributed by atoms with van der Waals surface area (Å²) in [6.45, 7) is 4.51. The maximum Gasteiger partial charge on any atom is 0.0931 e. The van der Waals surface area contributed by atoms with Gasteiger partial charge < -0.3 is 10.2 Å². The van der Waals surface area contributed by atoms with Crippen LogP contribution in [0.1, 0.15) is 18.7 Å². The third-order valence-corrected chi connectivity index (χ3v) is 4.64. The second-order valence-corrected chi connectivity index (χ2v) is 6.60. The smallest absolute Gasteiger partial charge is 0.0931 e. The van der Waals surface area contributed by atoms with Crippen molar-refractivity contribution in [1.82, 2.24) is 10.2 Å². The number of halogens is 1. The van der Waals surface area contributed by atoms with Crippen molar-refractivity contribution in [2.45, 2.75) is 31.8 Å². The topological polar surface area (TPSA) is 15.3 Å². The normalized spacial score (nSPS) is 14.4. The molecule has 0 aliphatic rings. The Balaban J connectivity index is 2.76. The number of hydrogen-bond acceptors (Lipinski definition) is 3. The lowest BCUT2D eigenvalue weighted by Gasteiger charge is -2.40.